The summed E-state index contributed by atoms with van der Waals surface area (Å²) >= 11 is 12.6. The monoisotopic (exact) mass is 502 g/mol. The van der Waals surface area contributed by atoms with Crippen molar-refractivity contribution >= 4 is 35.0 Å². The first kappa shape index (κ1) is 26.0. The molecule has 1 heterocycles. The highest BCUT2D eigenvalue weighted by atomic mass is 35.5. The topological polar surface area (TPSA) is 111 Å². The second-order valence-corrected chi connectivity index (χ2v) is 9.09. The molecular weight excluding hydrogens is 471 g/mol. The predicted molar refractivity (Wildman–Crippen MR) is 142 cm³/mol. The third-order valence-electron chi connectivity index (χ3n) is 5.45. The Morgan fingerprint density at radius 2 is 1.71 bits per heavy atom. The second kappa shape index (κ2) is 12.2. The summed E-state index contributed by atoms with van der Waals surface area (Å²) in [5.41, 5.74) is 16.3. The fourth-order valence-corrected chi connectivity index (χ4v) is 4.12. The molecule has 0 spiro atoms. The Labute approximate surface area is 211 Å². The van der Waals surface area contributed by atoms with E-state index >= 15 is 0 Å². The number of hydrogen-bond donors (Lipinski definition) is 4. The van der Waals surface area contributed by atoms with E-state index in [9.17, 15) is 0 Å². The van der Waals surface area contributed by atoms with Crippen LogP contribution < -0.4 is 26.8 Å². The van der Waals surface area contributed by atoms with Gasteiger partial charge in [-0.1, -0.05) is 53.5 Å². The number of halogens is 2. The summed E-state index contributed by atoms with van der Waals surface area (Å²) < 4.78 is 6.02. The molecule has 1 aromatic heterocycles. The molecule has 0 saturated carbocycles. The zero-order chi connectivity index (χ0) is 24.7. The van der Waals surface area contributed by atoms with Gasteiger partial charge in [0.15, 0.2) is 0 Å². The Balaban J connectivity index is 1.48. The largest absolute Gasteiger partial charge is 0.491 e. The van der Waals surface area contributed by atoms with E-state index < -0.39 is 0 Å². The Hall–Kier alpha value is -2.58. The molecule has 1 atom stereocenters. The van der Waals surface area contributed by atoms with Crippen LogP contribution in [0.15, 0.2) is 36.4 Å². The molecule has 0 aliphatic carbocycles. The minimum Gasteiger partial charge on any atom is -0.491 e. The fraction of sp³-hybridized carbons (Fsp3) is 0.360. The Kier molecular flexibility index (Phi) is 9.36. The average molecular weight is 503 g/mol. The highest BCUT2D eigenvalue weighted by Gasteiger charge is 2.17. The molecule has 1 unspecified atom stereocenters. The minimum absolute atomic E-state index is 0.121. The van der Waals surface area contributed by atoms with Gasteiger partial charge in [-0.05, 0) is 57.5 Å². The molecule has 0 aliphatic rings. The van der Waals surface area contributed by atoms with Crippen LogP contribution in [0.25, 0.3) is 11.1 Å². The molecule has 3 rings (SSSR count). The van der Waals surface area contributed by atoms with Gasteiger partial charge in [-0.2, -0.15) is 4.98 Å². The molecule has 0 amide bonds. The fourth-order valence-electron chi connectivity index (χ4n) is 3.73. The van der Waals surface area contributed by atoms with Crippen molar-refractivity contribution in [3.63, 3.8) is 0 Å². The second-order valence-electron chi connectivity index (χ2n) is 8.31. The van der Waals surface area contributed by atoms with E-state index in [0.717, 1.165) is 36.4 Å². The van der Waals surface area contributed by atoms with Crippen molar-refractivity contribution in [1.82, 2.24) is 20.6 Å². The Morgan fingerprint density at radius 1 is 1.00 bits per heavy atom. The number of nitrogens with one attached hydrogen (secondary N) is 2. The van der Waals surface area contributed by atoms with E-state index in [4.69, 9.17) is 39.4 Å². The lowest BCUT2D eigenvalue weighted by molar-refractivity contribution is 0.270. The summed E-state index contributed by atoms with van der Waals surface area (Å²) in [6, 6.07) is 11.8. The smallest absolute Gasteiger partial charge is 0.222 e. The summed E-state index contributed by atoms with van der Waals surface area (Å²) in [5, 5.41) is 7.74. The van der Waals surface area contributed by atoms with Crippen LogP contribution in [0.4, 0.5) is 11.8 Å². The van der Waals surface area contributed by atoms with Crippen molar-refractivity contribution in [1.29, 1.82) is 0 Å². The molecule has 0 bridgehead atoms. The molecule has 182 valence electrons. The zero-order valence-corrected chi connectivity index (χ0v) is 21.3. The van der Waals surface area contributed by atoms with Crippen molar-refractivity contribution in [2.24, 2.45) is 0 Å². The van der Waals surface area contributed by atoms with Gasteiger partial charge in [0.1, 0.15) is 18.2 Å². The normalized spacial score (nSPS) is 12.0. The van der Waals surface area contributed by atoms with Gasteiger partial charge in [-0.25, -0.2) is 4.98 Å². The lowest BCUT2D eigenvalue weighted by Gasteiger charge is -2.18. The number of nitrogen functional groups attached to an aromatic ring is 2. The highest BCUT2D eigenvalue weighted by molar-refractivity contribution is 6.43. The van der Waals surface area contributed by atoms with Crippen LogP contribution in [0.5, 0.6) is 5.75 Å². The number of nitrogens with zero attached hydrogens (tertiary/aromatic N) is 2. The van der Waals surface area contributed by atoms with Crippen LogP contribution in [0.2, 0.25) is 10.0 Å². The number of anilines is 2. The van der Waals surface area contributed by atoms with Gasteiger partial charge in [-0.3, -0.25) is 0 Å². The first-order chi connectivity index (χ1) is 16.3. The molecule has 0 radical (unpaired) electrons. The third kappa shape index (κ3) is 6.73. The van der Waals surface area contributed by atoms with Crippen LogP contribution in [-0.4, -0.2) is 35.7 Å². The number of aromatic nitrogens is 2. The Bertz CT molecular complexity index is 1100. The SMILES string of the molecule is Cc1cccc(C)c1OCC(C)NCCCNCc1nc(N)nc(N)c1-c1cccc(Cl)c1Cl. The van der Waals surface area contributed by atoms with Crippen molar-refractivity contribution < 1.29 is 4.74 Å². The molecule has 34 heavy (non-hydrogen) atoms. The van der Waals surface area contributed by atoms with Gasteiger partial charge < -0.3 is 26.8 Å². The zero-order valence-electron chi connectivity index (χ0n) is 19.8. The van der Waals surface area contributed by atoms with Gasteiger partial charge >= 0.3 is 0 Å². The van der Waals surface area contributed by atoms with E-state index in [1.807, 2.05) is 18.2 Å². The lowest BCUT2D eigenvalue weighted by atomic mass is 10.0. The summed E-state index contributed by atoms with van der Waals surface area (Å²) in [4.78, 5) is 8.49. The average Bonchev–Trinajstić information content (AvgIpc) is 2.78. The lowest BCUT2D eigenvalue weighted by Crippen LogP contribution is -2.34. The number of rotatable bonds is 11. The van der Waals surface area contributed by atoms with Crippen molar-refractivity contribution in [2.75, 3.05) is 31.2 Å². The summed E-state index contributed by atoms with van der Waals surface area (Å²) in [5.74, 6) is 1.36. The van der Waals surface area contributed by atoms with E-state index in [-0.39, 0.29) is 17.8 Å². The van der Waals surface area contributed by atoms with Crippen molar-refractivity contribution in [3.8, 4) is 16.9 Å². The number of benzene rings is 2. The molecule has 9 heteroatoms. The molecule has 2 aromatic carbocycles. The van der Waals surface area contributed by atoms with Crippen LogP contribution >= 0.6 is 23.2 Å². The van der Waals surface area contributed by atoms with Crippen LogP contribution in [-0.2, 0) is 6.54 Å². The number of nitrogens with two attached hydrogens (primary N) is 2. The van der Waals surface area contributed by atoms with E-state index in [1.54, 1.807) is 6.07 Å². The maximum absolute atomic E-state index is 6.41. The number of aryl methyl sites for hydroxylation is 2. The Morgan fingerprint density at radius 3 is 2.44 bits per heavy atom. The van der Waals surface area contributed by atoms with Gasteiger partial charge in [0.2, 0.25) is 5.95 Å². The molecule has 0 fully saturated rings. The van der Waals surface area contributed by atoms with E-state index in [1.165, 1.54) is 0 Å². The quantitative estimate of drug-likeness (QED) is 0.279. The molecule has 0 saturated heterocycles. The van der Waals surface area contributed by atoms with Gasteiger partial charge in [0.25, 0.3) is 0 Å². The maximum Gasteiger partial charge on any atom is 0.222 e. The molecular formula is C25H32Cl2N6O. The van der Waals surface area contributed by atoms with Gasteiger partial charge in [0.05, 0.1) is 15.7 Å². The number of hydrogen-bond acceptors (Lipinski definition) is 7. The molecule has 7 nitrogen and oxygen atoms in total. The summed E-state index contributed by atoms with van der Waals surface area (Å²) in [6.07, 6.45) is 0.928. The van der Waals surface area contributed by atoms with Crippen molar-refractivity contribution in [3.05, 3.63) is 63.3 Å². The summed E-state index contributed by atoms with van der Waals surface area (Å²) in [6.45, 7) is 8.97. The van der Waals surface area contributed by atoms with Gasteiger partial charge in [-0.15, -0.1) is 0 Å². The van der Waals surface area contributed by atoms with E-state index in [2.05, 4.69) is 53.5 Å². The first-order valence-electron chi connectivity index (χ1n) is 11.3. The van der Waals surface area contributed by atoms with Crippen LogP contribution in [0.3, 0.4) is 0 Å². The number of ether oxygens (including phenoxy) is 1. The third-order valence-corrected chi connectivity index (χ3v) is 6.27. The van der Waals surface area contributed by atoms with Crippen LogP contribution in [0.1, 0.15) is 30.2 Å². The number of para-hydroxylation sites is 1. The molecule has 3 aromatic rings. The highest BCUT2D eigenvalue weighted by Crippen LogP contribution is 2.37. The first-order valence-corrected chi connectivity index (χ1v) is 12.0. The minimum atomic E-state index is 0.121. The van der Waals surface area contributed by atoms with Crippen molar-refractivity contribution in [2.45, 2.75) is 39.8 Å². The molecule has 6 N–H and O–H groups in total. The van der Waals surface area contributed by atoms with Crippen LogP contribution in [0, 0.1) is 13.8 Å². The van der Waals surface area contributed by atoms with Gasteiger partial charge in [0, 0.05) is 23.7 Å². The summed E-state index contributed by atoms with van der Waals surface area (Å²) in [7, 11) is 0. The molecule has 0 aliphatic heterocycles. The predicted octanol–water partition coefficient (Wildman–Crippen LogP) is 4.77. The van der Waals surface area contributed by atoms with E-state index in [0.29, 0.717) is 40.0 Å². The maximum atomic E-state index is 6.41. The standard InChI is InChI=1S/C25H32Cl2N6O/c1-15-7-4-8-16(2)23(15)34-14-17(3)31-12-6-11-30-13-20-21(24(28)33-25(29)32-20)18-9-5-10-19(26)22(18)27/h4-5,7-10,17,30-31H,6,11-14H2,1-3H3,(H4,28,29,32,33).